The summed E-state index contributed by atoms with van der Waals surface area (Å²) in [5, 5.41) is 6.53. The summed E-state index contributed by atoms with van der Waals surface area (Å²) < 4.78 is 16.6. The van der Waals surface area contributed by atoms with Gasteiger partial charge in [0.05, 0.1) is 24.0 Å². The molecule has 3 aromatic rings. The number of carbonyl (C=O) groups excluding carboxylic acids is 2. The molecule has 2 aromatic carbocycles. The number of nitrogens with one attached hydrogen (secondary N) is 2. The Labute approximate surface area is 174 Å². The predicted octanol–water partition coefficient (Wildman–Crippen LogP) is 3.74. The van der Waals surface area contributed by atoms with E-state index in [-0.39, 0.29) is 24.4 Å². The Morgan fingerprint density at radius 1 is 1.10 bits per heavy atom. The lowest BCUT2D eigenvalue weighted by Crippen LogP contribution is -2.32. The van der Waals surface area contributed by atoms with Crippen LogP contribution >= 0.6 is 0 Å². The molecule has 30 heavy (non-hydrogen) atoms. The summed E-state index contributed by atoms with van der Waals surface area (Å²) in [6, 6.07) is 14.3. The van der Waals surface area contributed by atoms with Gasteiger partial charge in [-0.15, -0.1) is 0 Å². The molecule has 0 bridgehead atoms. The minimum atomic E-state index is -0.433. The molecule has 2 N–H and O–H groups in total. The van der Waals surface area contributed by atoms with Gasteiger partial charge in [0.1, 0.15) is 5.58 Å². The average molecular weight is 408 g/mol. The standard InChI is InChI=1S/C23H24N2O5/c1-28-14-18-16-8-3-5-11-20(16)30-21(18)23(27)25-19-10-4-2-9-17(19)22(26)24-13-15-7-6-12-29-15/h2-5,8-11,15H,6-7,12-14H2,1H3,(H,24,26)(H,25,27). The Morgan fingerprint density at radius 3 is 2.70 bits per heavy atom. The van der Waals surface area contributed by atoms with Gasteiger partial charge in [-0.05, 0) is 31.0 Å². The van der Waals surface area contributed by atoms with Crippen LogP contribution in [0.5, 0.6) is 0 Å². The van der Waals surface area contributed by atoms with Crippen LogP contribution in [0.2, 0.25) is 0 Å². The lowest BCUT2D eigenvalue weighted by molar-refractivity contribution is 0.0858. The van der Waals surface area contributed by atoms with Gasteiger partial charge in [0.15, 0.2) is 5.76 Å². The maximum atomic E-state index is 13.0. The third-order valence-electron chi connectivity index (χ3n) is 5.13. The van der Waals surface area contributed by atoms with Crippen LogP contribution in [0.1, 0.15) is 39.3 Å². The van der Waals surface area contributed by atoms with Gasteiger partial charge in [-0.25, -0.2) is 0 Å². The second-order valence-corrected chi connectivity index (χ2v) is 7.18. The summed E-state index contributed by atoms with van der Waals surface area (Å²) in [6.07, 6.45) is 1.99. The molecule has 2 amide bonds. The number of benzene rings is 2. The molecule has 1 atom stereocenters. The van der Waals surface area contributed by atoms with Crippen molar-refractivity contribution >= 4 is 28.5 Å². The van der Waals surface area contributed by atoms with Crippen molar-refractivity contribution in [1.29, 1.82) is 0 Å². The van der Waals surface area contributed by atoms with E-state index < -0.39 is 5.91 Å². The highest BCUT2D eigenvalue weighted by molar-refractivity contribution is 6.10. The van der Waals surface area contributed by atoms with Crippen LogP contribution in [0.15, 0.2) is 52.9 Å². The molecule has 7 nitrogen and oxygen atoms in total. The molecular formula is C23H24N2O5. The number of hydrogen-bond donors (Lipinski definition) is 2. The monoisotopic (exact) mass is 408 g/mol. The van der Waals surface area contributed by atoms with Crippen molar-refractivity contribution in [1.82, 2.24) is 5.32 Å². The van der Waals surface area contributed by atoms with E-state index in [1.165, 1.54) is 0 Å². The van der Waals surface area contributed by atoms with Crippen molar-refractivity contribution < 1.29 is 23.5 Å². The first kappa shape index (κ1) is 20.1. The number of hydrogen-bond acceptors (Lipinski definition) is 5. The molecule has 0 aliphatic carbocycles. The molecule has 1 aromatic heterocycles. The highest BCUT2D eigenvalue weighted by Gasteiger charge is 2.23. The molecule has 1 aliphatic heterocycles. The Kier molecular flexibility index (Phi) is 6.11. The highest BCUT2D eigenvalue weighted by Crippen LogP contribution is 2.28. The summed E-state index contributed by atoms with van der Waals surface area (Å²) in [5.74, 6) is -0.520. The zero-order valence-electron chi connectivity index (χ0n) is 16.8. The average Bonchev–Trinajstić information content (AvgIpc) is 3.41. The number of methoxy groups -OCH3 is 1. The van der Waals surface area contributed by atoms with Gasteiger partial charge in [-0.2, -0.15) is 0 Å². The van der Waals surface area contributed by atoms with Crippen molar-refractivity contribution in [3.05, 3.63) is 65.4 Å². The highest BCUT2D eigenvalue weighted by atomic mass is 16.5. The molecule has 0 spiro atoms. The fourth-order valence-electron chi connectivity index (χ4n) is 3.65. The molecule has 0 saturated carbocycles. The van der Waals surface area contributed by atoms with Gasteiger partial charge >= 0.3 is 0 Å². The summed E-state index contributed by atoms with van der Waals surface area (Å²) in [6.45, 7) is 1.42. The summed E-state index contributed by atoms with van der Waals surface area (Å²) >= 11 is 0. The topological polar surface area (TPSA) is 89.8 Å². The minimum Gasteiger partial charge on any atom is -0.451 e. The first-order chi connectivity index (χ1) is 14.7. The first-order valence-electron chi connectivity index (χ1n) is 9.97. The van der Waals surface area contributed by atoms with Crippen molar-refractivity contribution in [2.45, 2.75) is 25.6 Å². The summed E-state index contributed by atoms with van der Waals surface area (Å²) in [7, 11) is 1.57. The fourth-order valence-corrected chi connectivity index (χ4v) is 3.65. The Balaban J connectivity index is 1.54. The van der Waals surface area contributed by atoms with Gasteiger partial charge < -0.3 is 24.5 Å². The quantitative estimate of drug-likeness (QED) is 0.622. The Morgan fingerprint density at radius 2 is 1.90 bits per heavy atom. The van der Waals surface area contributed by atoms with E-state index in [2.05, 4.69) is 10.6 Å². The van der Waals surface area contributed by atoms with Gasteiger partial charge in [0.25, 0.3) is 11.8 Å². The molecule has 1 fully saturated rings. The Hall–Kier alpha value is -3.16. The van der Waals surface area contributed by atoms with Crippen LogP contribution in [0, 0.1) is 0 Å². The van der Waals surface area contributed by atoms with E-state index in [1.807, 2.05) is 18.2 Å². The van der Waals surface area contributed by atoms with E-state index in [1.54, 1.807) is 37.4 Å². The normalized spacial score (nSPS) is 16.0. The van der Waals surface area contributed by atoms with E-state index in [4.69, 9.17) is 13.9 Å². The van der Waals surface area contributed by atoms with E-state index >= 15 is 0 Å². The van der Waals surface area contributed by atoms with Crippen LogP contribution in [-0.4, -0.2) is 38.2 Å². The van der Waals surface area contributed by atoms with Crippen LogP contribution in [-0.2, 0) is 16.1 Å². The van der Waals surface area contributed by atoms with E-state index in [9.17, 15) is 9.59 Å². The molecule has 0 radical (unpaired) electrons. The van der Waals surface area contributed by atoms with Crippen LogP contribution in [0.25, 0.3) is 11.0 Å². The zero-order valence-corrected chi connectivity index (χ0v) is 16.8. The van der Waals surface area contributed by atoms with Crippen LogP contribution < -0.4 is 10.6 Å². The number of carbonyl (C=O) groups is 2. The number of ether oxygens (including phenoxy) is 2. The molecule has 7 heteroatoms. The fraction of sp³-hybridized carbons (Fsp3) is 0.304. The maximum Gasteiger partial charge on any atom is 0.291 e. The molecule has 1 saturated heterocycles. The van der Waals surface area contributed by atoms with Gasteiger partial charge in [-0.3, -0.25) is 9.59 Å². The van der Waals surface area contributed by atoms with E-state index in [0.717, 1.165) is 24.8 Å². The van der Waals surface area contributed by atoms with Crippen LogP contribution in [0.3, 0.4) is 0 Å². The van der Waals surface area contributed by atoms with Crippen molar-refractivity contribution in [2.75, 3.05) is 25.6 Å². The molecular weight excluding hydrogens is 384 g/mol. The van der Waals surface area contributed by atoms with Gasteiger partial charge in [0.2, 0.25) is 0 Å². The minimum absolute atomic E-state index is 0.0443. The zero-order chi connectivity index (χ0) is 20.9. The lowest BCUT2D eigenvalue weighted by Gasteiger charge is -2.13. The lowest BCUT2D eigenvalue weighted by atomic mass is 10.1. The number of furan rings is 1. The molecule has 1 unspecified atom stereocenters. The summed E-state index contributed by atoms with van der Waals surface area (Å²) in [4.78, 5) is 25.7. The van der Waals surface area contributed by atoms with Gasteiger partial charge in [-0.1, -0.05) is 30.3 Å². The third-order valence-corrected chi connectivity index (χ3v) is 5.13. The molecule has 4 rings (SSSR count). The second-order valence-electron chi connectivity index (χ2n) is 7.18. The smallest absolute Gasteiger partial charge is 0.291 e. The number of amides is 2. The van der Waals surface area contributed by atoms with Crippen LogP contribution in [0.4, 0.5) is 5.69 Å². The SMILES string of the molecule is COCc1c(C(=O)Nc2ccccc2C(=O)NCC2CCCO2)oc2ccccc12. The maximum absolute atomic E-state index is 13.0. The largest absolute Gasteiger partial charge is 0.451 e. The number of rotatable bonds is 7. The second kappa shape index (κ2) is 9.11. The predicted molar refractivity (Wildman–Crippen MR) is 113 cm³/mol. The Bertz CT molecular complexity index is 1050. The van der Waals surface area contributed by atoms with Gasteiger partial charge in [0, 0.05) is 31.2 Å². The molecule has 156 valence electrons. The van der Waals surface area contributed by atoms with Crippen molar-refractivity contribution in [3.8, 4) is 0 Å². The molecule has 1 aliphatic rings. The third kappa shape index (κ3) is 4.22. The molecule has 2 heterocycles. The van der Waals surface area contributed by atoms with Crippen molar-refractivity contribution in [2.24, 2.45) is 0 Å². The number of para-hydroxylation sites is 2. The number of anilines is 1. The first-order valence-corrected chi connectivity index (χ1v) is 9.97. The number of fused-ring (bicyclic) bond motifs is 1. The summed E-state index contributed by atoms with van der Waals surface area (Å²) in [5.41, 5.74) is 2.08. The van der Waals surface area contributed by atoms with Crippen molar-refractivity contribution in [3.63, 3.8) is 0 Å². The van der Waals surface area contributed by atoms with E-state index in [0.29, 0.717) is 28.9 Å².